The number of primary amides is 1. The molecule has 1 aromatic carbocycles. The van der Waals surface area contributed by atoms with Gasteiger partial charge in [0.25, 0.3) is 0 Å². The molecule has 0 bridgehead atoms. The summed E-state index contributed by atoms with van der Waals surface area (Å²) in [6, 6.07) is 5.98. The van der Waals surface area contributed by atoms with Crippen LogP contribution in [0.2, 0.25) is 0 Å². The van der Waals surface area contributed by atoms with Crippen LogP contribution in [0.1, 0.15) is 49.8 Å². The Kier molecular flexibility index (Phi) is 4.65. The Morgan fingerprint density at radius 3 is 2.70 bits per heavy atom. The van der Waals surface area contributed by atoms with Crippen LogP contribution in [0.3, 0.4) is 0 Å². The third kappa shape index (κ3) is 3.31. The van der Waals surface area contributed by atoms with Gasteiger partial charge in [0.1, 0.15) is 5.75 Å². The van der Waals surface area contributed by atoms with E-state index in [9.17, 15) is 9.90 Å². The van der Waals surface area contributed by atoms with E-state index in [0.717, 1.165) is 24.0 Å². The molecule has 1 fully saturated rings. The van der Waals surface area contributed by atoms with Gasteiger partial charge in [0, 0.05) is 17.6 Å². The van der Waals surface area contributed by atoms with Gasteiger partial charge in [0.2, 0.25) is 5.91 Å². The van der Waals surface area contributed by atoms with Crippen molar-refractivity contribution >= 4 is 5.91 Å². The molecule has 0 saturated heterocycles. The number of phenols is 1. The molecule has 1 unspecified atom stereocenters. The summed E-state index contributed by atoms with van der Waals surface area (Å²) < 4.78 is 0. The summed E-state index contributed by atoms with van der Waals surface area (Å²) in [4.78, 5) is 13.5. The molecule has 3 N–H and O–H groups in total. The zero-order valence-electron chi connectivity index (χ0n) is 12.3. The Morgan fingerprint density at radius 1 is 1.45 bits per heavy atom. The molecule has 4 nitrogen and oxygen atoms in total. The normalized spacial score (nSPS) is 17.6. The summed E-state index contributed by atoms with van der Waals surface area (Å²) in [5, 5.41) is 10.1. The average Bonchev–Trinajstić information content (AvgIpc) is 2.91. The van der Waals surface area contributed by atoms with E-state index in [1.807, 2.05) is 26.0 Å². The molecular formula is C16H24N2O2. The van der Waals surface area contributed by atoms with E-state index < -0.39 is 0 Å². The van der Waals surface area contributed by atoms with Gasteiger partial charge in [-0.2, -0.15) is 0 Å². The van der Waals surface area contributed by atoms with Crippen LogP contribution in [-0.2, 0) is 4.79 Å². The molecule has 1 atom stereocenters. The van der Waals surface area contributed by atoms with Crippen molar-refractivity contribution in [2.45, 2.75) is 51.6 Å². The van der Waals surface area contributed by atoms with Gasteiger partial charge >= 0.3 is 0 Å². The van der Waals surface area contributed by atoms with Crippen LogP contribution in [0.5, 0.6) is 5.75 Å². The van der Waals surface area contributed by atoms with E-state index in [-0.39, 0.29) is 24.2 Å². The average molecular weight is 276 g/mol. The van der Waals surface area contributed by atoms with Gasteiger partial charge in [-0.25, -0.2) is 0 Å². The lowest BCUT2D eigenvalue weighted by atomic mass is 10.0. The standard InChI is InChI=1S/C16H24N2O2/c1-11-7-8-15(19)14(9-11)12(2)18(10-16(17)20)13-5-3-4-6-13/h7-9,12-13,19H,3-6,10H2,1-2H3,(H2,17,20). The first-order chi connectivity index (χ1) is 9.49. The van der Waals surface area contributed by atoms with E-state index in [0.29, 0.717) is 6.04 Å². The fraction of sp³-hybridized carbons (Fsp3) is 0.562. The number of nitrogens with zero attached hydrogens (tertiary/aromatic N) is 1. The molecule has 110 valence electrons. The molecule has 1 aliphatic rings. The minimum atomic E-state index is -0.309. The molecule has 4 heteroatoms. The molecule has 0 aliphatic heterocycles. The summed E-state index contributed by atoms with van der Waals surface area (Å²) in [5.41, 5.74) is 7.38. The third-order valence-electron chi connectivity index (χ3n) is 4.26. The van der Waals surface area contributed by atoms with Crippen LogP contribution in [0.4, 0.5) is 0 Å². The van der Waals surface area contributed by atoms with Gasteiger partial charge in [0.15, 0.2) is 0 Å². The van der Waals surface area contributed by atoms with Crippen molar-refractivity contribution in [2.24, 2.45) is 5.73 Å². The van der Waals surface area contributed by atoms with Gasteiger partial charge in [-0.1, -0.05) is 30.5 Å². The third-order valence-corrected chi connectivity index (χ3v) is 4.26. The second-order valence-electron chi connectivity index (χ2n) is 5.82. The lowest BCUT2D eigenvalue weighted by Gasteiger charge is -2.34. The Morgan fingerprint density at radius 2 is 2.10 bits per heavy atom. The minimum Gasteiger partial charge on any atom is -0.508 e. The van der Waals surface area contributed by atoms with E-state index in [1.165, 1.54) is 12.8 Å². The van der Waals surface area contributed by atoms with Gasteiger partial charge in [-0.05, 0) is 32.8 Å². The van der Waals surface area contributed by atoms with Crippen molar-refractivity contribution in [2.75, 3.05) is 6.54 Å². The molecule has 0 spiro atoms. The SMILES string of the molecule is Cc1ccc(O)c(C(C)N(CC(N)=O)C2CCCC2)c1. The van der Waals surface area contributed by atoms with Crippen molar-refractivity contribution in [3.63, 3.8) is 0 Å². The predicted molar refractivity (Wildman–Crippen MR) is 79.4 cm³/mol. The highest BCUT2D eigenvalue weighted by Gasteiger charge is 2.29. The van der Waals surface area contributed by atoms with E-state index >= 15 is 0 Å². The second kappa shape index (κ2) is 6.27. The number of hydrogen-bond donors (Lipinski definition) is 2. The topological polar surface area (TPSA) is 66.6 Å². The highest BCUT2D eigenvalue weighted by molar-refractivity contribution is 5.76. The molecule has 0 radical (unpaired) electrons. The first-order valence-corrected chi connectivity index (χ1v) is 7.32. The van der Waals surface area contributed by atoms with Gasteiger partial charge in [-0.15, -0.1) is 0 Å². The highest BCUT2D eigenvalue weighted by Crippen LogP contribution is 2.34. The van der Waals surface area contributed by atoms with Crippen molar-refractivity contribution in [1.82, 2.24) is 4.90 Å². The van der Waals surface area contributed by atoms with Crippen LogP contribution in [0, 0.1) is 6.92 Å². The zero-order chi connectivity index (χ0) is 14.7. The van der Waals surface area contributed by atoms with Gasteiger partial charge < -0.3 is 10.8 Å². The van der Waals surface area contributed by atoms with E-state index in [1.54, 1.807) is 6.07 Å². The summed E-state index contributed by atoms with van der Waals surface area (Å²) >= 11 is 0. The summed E-state index contributed by atoms with van der Waals surface area (Å²) in [5.74, 6) is -0.0218. The van der Waals surface area contributed by atoms with Crippen molar-refractivity contribution in [3.8, 4) is 5.75 Å². The Balaban J connectivity index is 2.26. The number of hydrogen-bond acceptors (Lipinski definition) is 3. The lowest BCUT2D eigenvalue weighted by molar-refractivity contribution is -0.120. The smallest absolute Gasteiger partial charge is 0.231 e. The monoisotopic (exact) mass is 276 g/mol. The van der Waals surface area contributed by atoms with Crippen LogP contribution >= 0.6 is 0 Å². The quantitative estimate of drug-likeness (QED) is 0.868. The number of nitrogens with two attached hydrogens (primary N) is 1. The van der Waals surface area contributed by atoms with Gasteiger partial charge in [0.05, 0.1) is 6.54 Å². The molecule has 1 aliphatic carbocycles. The molecule has 1 aromatic rings. The Labute approximate surface area is 120 Å². The number of aryl methyl sites for hydroxylation is 1. The van der Waals surface area contributed by atoms with Crippen LogP contribution < -0.4 is 5.73 Å². The molecular weight excluding hydrogens is 252 g/mol. The second-order valence-corrected chi connectivity index (χ2v) is 5.82. The Bertz CT molecular complexity index is 481. The number of carbonyl (C=O) groups is 1. The van der Waals surface area contributed by atoms with Crippen LogP contribution in [-0.4, -0.2) is 28.5 Å². The zero-order valence-corrected chi connectivity index (χ0v) is 12.3. The maximum atomic E-state index is 11.4. The molecule has 0 heterocycles. The number of rotatable bonds is 5. The molecule has 1 saturated carbocycles. The maximum absolute atomic E-state index is 11.4. The molecule has 0 aromatic heterocycles. The largest absolute Gasteiger partial charge is 0.508 e. The van der Waals surface area contributed by atoms with Crippen LogP contribution in [0.15, 0.2) is 18.2 Å². The fourth-order valence-electron chi connectivity index (χ4n) is 3.19. The summed E-state index contributed by atoms with van der Waals surface area (Å²) in [6.07, 6.45) is 4.60. The number of aromatic hydroxyl groups is 1. The Hall–Kier alpha value is -1.55. The minimum absolute atomic E-state index is 0.00880. The maximum Gasteiger partial charge on any atom is 0.231 e. The number of carbonyl (C=O) groups excluding carboxylic acids is 1. The fourth-order valence-corrected chi connectivity index (χ4v) is 3.19. The summed E-state index contributed by atoms with van der Waals surface area (Å²) in [6.45, 7) is 4.29. The molecule has 2 rings (SSSR count). The van der Waals surface area contributed by atoms with Crippen molar-refractivity contribution < 1.29 is 9.90 Å². The van der Waals surface area contributed by atoms with E-state index in [4.69, 9.17) is 5.73 Å². The lowest BCUT2D eigenvalue weighted by Crippen LogP contribution is -2.41. The van der Waals surface area contributed by atoms with Crippen LogP contribution in [0.25, 0.3) is 0 Å². The first kappa shape index (κ1) is 14.9. The highest BCUT2D eigenvalue weighted by atomic mass is 16.3. The number of benzene rings is 1. The van der Waals surface area contributed by atoms with Crippen molar-refractivity contribution in [3.05, 3.63) is 29.3 Å². The summed E-state index contributed by atoms with van der Waals surface area (Å²) in [7, 11) is 0. The van der Waals surface area contributed by atoms with Gasteiger partial charge in [-0.3, -0.25) is 9.69 Å². The molecule has 1 amide bonds. The van der Waals surface area contributed by atoms with Crippen molar-refractivity contribution in [1.29, 1.82) is 0 Å². The van der Waals surface area contributed by atoms with E-state index in [2.05, 4.69) is 4.90 Å². The predicted octanol–water partition coefficient (Wildman–Crippen LogP) is 2.49. The first-order valence-electron chi connectivity index (χ1n) is 7.32. The molecule has 20 heavy (non-hydrogen) atoms. The number of phenolic OH excluding ortho intramolecular Hbond substituents is 1. The number of amides is 1.